The first kappa shape index (κ1) is 19.9. The Morgan fingerprint density at radius 3 is 2.61 bits per heavy atom. The van der Waals surface area contributed by atoms with E-state index in [2.05, 4.69) is 16.5 Å². The molecule has 0 aliphatic heterocycles. The number of carbonyl (C=O) groups is 1. The second-order valence-electron chi connectivity index (χ2n) is 6.95. The number of pyridine rings is 2. The Morgan fingerprint density at radius 2 is 2.00 bits per heavy atom. The minimum Gasteiger partial charge on any atom is -0.466 e. The standard InChI is InChI=1S/C22H23N3O2S/c1-5-15-12-16-13-17(9-10-18(16)25-14-15)27-22(28-4,20(23)26)21(2,3)19-8-6-7-11-24-19/h5-14H,1H2,2-4H3,(H2,23,26). The zero-order valence-corrected chi connectivity index (χ0v) is 17.0. The van der Waals surface area contributed by atoms with Gasteiger partial charge in [-0.1, -0.05) is 18.7 Å². The first-order valence-electron chi connectivity index (χ1n) is 8.82. The third-order valence-corrected chi connectivity index (χ3v) is 6.28. The van der Waals surface area contributed by atoms with E-state index in [1.54, 1.807) is 24.5 Å². The van der Waals surface area contributed by atoms with Crippen LogP contribution in [-0.2, 0) is 10.2 Å². The summed E-state index contributed by atoms with van der Waals surface area (Å²) in [5, 5.41) is 0.894. The quantitative estimate of drug-likeness (QED) is 0.610. The smallest absolute Gasteiger partial charge is 0.273 e. The Morgan fingerprint density at radius 1 is 1.21 bits per heavy atom. The van der Waals surface area contributed by atoms with Gasteiger partial charge in [-0.3, -0.25) is 14.8 Å². The summed E-state index contributed by atoms with van der Waals surface area (Å²) in [6.45, 7) is 7.60. The zero-order valence-electron chi connectivity index (χ0n) is 16.2. The van der Waals surface area contributed by atoms with E-state index in [4.69, 9.17) is 10.5 Å². The van der Waals surface area contributed by atoms with Gasteiger partial charge < -0.3 is 10.5 Å². The third-order valence-electron chi connectivity index (χ3n) is 4.91. The van der Waals surface area contributed by atoms with Crippen LogP contribution in [0, 0.1) is 0 Å². The average molecular weight is 394 g/mol. The van der Waals surface area contributed by atoms with Crippen LogP contribution >= 0.6 is 11.8 Å². The lowest BCUT2D eigenvalue weighted by molar-refractivity contribution is -0.130. The van der Waals surface area contributed by atoms with Crippen LogP contribution in [0.1, 0.15) is 25.1 Å². The van der Waals surface area contributed by atoms with Crippen molar-refractivity contribution in [1.82, 2.24) is 9.97 Å². The molecule has 1 atom stereocenters. The molecule has 5 nitrogen and oxygen atoms in total. The molecular weight excluding hydrogens is 370 g/mol. The molecule has 6 heteroatoms. The number of carbonyl (C=O) groups excluding carboxylic acids is 1. The molecule has 0 fully saturated rings. The zero-order chi connectivity index (χ0) is 20.4. The van der Waals surface area contributed by atoms with Crippen molar-refractivity contribution in [2.75, 3.05) is 6.26 Å². The Bertz CT molecular complexity index is 1020. The van der Waals surface area contributed by atoms with E-state index in [0.717, 1.165) is 22.2 Å². The first-order valence-corrected chi connectivity index (χ1v) is 10.0. The largest absolute Gasteiger partial charge is 0.466 e. The highest BCUT2D eigenvalue weighted by Gasteiger charge is 2.54. The number of ether oxygens (including phenoxy) is 1. The maximum atomic E-state index is 12.7. The summed E-state index contributed by atoms with van der Waals surface area (Å²) >= 11 is 1.27. The fourth-order valence-electron chi connectivity index (χ4n) is 3.25. The van der Waals surface area contributed by atoms with Gasteiger partial charge in [0.15, 0.2) is 0 Å². The van der Waals surface area contributed by atoms with E-state index in [0.29, 0.717) is 5.75 Å². The number of hydrogen-bond acceptors (Lipinski definition) is 5. The maximum absolute atomic E-state index is 12.7. The van der Waals surface area contributed by atoms with Crippen LogP contribution in [-0.4, -0.2) is 27.1 Å². The number of thioether (sulfide) groups is 1. The minimum atomic E-state index is -1.35. The number of nitrogens with two attached hydrogens (primary N) is 1. The van der Waals surface area contributed by atoms with Gasteiger partial charge >= 0.3 is 0 Å². The monoisotopic (exact) mass is 393 g/mol. The second kappa shape index (κ2) is 7.64. The van der Waals surface area contributed by atoms with Crippen molar-refractivity contribution in [3.8, 4) is 5.75 Å². The van der Waals surface area contributed by atoms with Crippen molar-refractivity contribution < 1.29 is 9.53 Å². The summed E-state index contributed by atoms with van der Waals surface area (Å²) in [5.74, 6) is -0.0265. The lowest BCUT2D eigenvalue weighted by Crippen LogP contribution is -2.58. The molecular formula is C22H23N3O2S. The number of rotatable bonds is 7. The van der Waals surface area contributed by atoms with E-state index in [9.17, 15) is 4.79 Å². The Labute approximate surface area is 169 Å². The second-order valence-corrected chi connectivity index (χ2v) is 7.94. The van der Waals surface area contributed by atoms with Crippen molar-refractivity contribution in [2.24, 2.45) is 5.73 Å². The highest BCUT2D eigenvalue weighted by molar-refractivity contribution is 8.00. The summed E-state index contributed by atoms with van der Waals surface area (Å²) < 4.78 is 6.31. The summed E-state index contributed by atoms with van der Waals surface area (Å²) in [6.07, 6.45) is 7.00. The van der Waals surface area contributed by atoms with Crippen molar-refractivity contribution in [2.45, 2.75) is 24.2 Å². The summed E-state index contributed by atoms with van der Waals surface area (Å²) in [7, 11) is 0. The van der Waals surface area contributed by atoms with Gasteiger partial charge in [-0.2, -0.15) is 0 Å². The van der Waals surface area contributed by atoms with Crippen molar-refractivity contribution in [3.05, 3.63) is 72.7 Å². The fourth-order valence-corrected chi connectivity index (χ4v) is 4.25. The van der Waals surface area contributed by atoms with Crippen molar-refractivity contribution >= 4 is 34.6 Å². The van der Waals surface area contributed by atoms with Gasteiger partial charge in [-0.05, 0) is 62.1 Å². The number of aromatic nitrogens is 2. The van der Waals surface area contributed by atoms with Gasteiger partial charge in [0.25, 0.3) is 5.91 Å². The Kier molecular flexibility index (Phi) is 5.42. The van der Waals surface area contributed by atoms with Crippen molar-refractivity contribution in [3.63, 3.8) is 0 Å². The molecule has 0 aliphatic carbocycles. The molecule has 0 aliphatic rings. The van der Waals surface area contributed by atoms with Gasteiger partial charge in [0.2, 0.25) is 4.93 Å². The van der Waals surface area contributed by atoms with E-state index in [-0.39, 0.29) is 0 Å². The number of nitrogens with zero attached hydrogens (tertiary/aromatic N) is 2. The van der Waals surface area contributed by atoms with Crippen LogP contribution < -0.4 is 10.5 Å². The molecule has 1 aromatic carbocycles. The summed E-state index contributed by atoms with van der Waals surface area (Å²) in [5.41, 5.74) is 7.55. The molecule has 2 N–H and O–H groups in total. The van der Waals surface area contributed by atoms with Crippen LogP contribution in [0.2, 0.25) is 0 Å². The first-order chi connectivity index (χ1) is 13.3. The molecule has 144 valence electrons. The summed E-state index contributed by atoms with van der Waals surface area (Å²) in [4.78, 5) is 20.2. The summed E-state index contributed by atoms with van der Waals surface area (Å²) in [6, 6.07) is 13.1. The third kappa shape index (κ3) is 3.36. The normalized spacial score (nSPS) is 13.7. The highest BCUT2D eigenvalue weighted by atomic mass is 32.2. The van der Waals surface area contributed by atoms with E-state index in [1.165, 1.54) is 11.8 Å². The fraction of sp³-hybridized carbons (Fsp3) is 0.227. The van der Waals surface area contributed by atoms with Crippen molar-refractivity contribution in [1.29, 1.82) is 0 Å². The van der Waals surface area contributed by atoms with Gasteiger partial charge in [0, 0.05) is 17.8 Å². The van der Waals surface area contributed by atoms with E-state index >= 15 is 0 Å². The highest BCUT2D eigenvalue weighted by Crippen LogP contribution is 2.44. The van der Waals surface area contributed by atoms with Crippen LogP contribution in [0.4, 0.5) is 0 Å². The molecule has 0 radical (unpaired) electrons. The molecule has 1 amide bonds. The van der Waals surface area contributed by atoms with E-state index < -0.39 is 16.3 Å². The lowest BCUT2D eigenvalue weighted by atomic mass is 9.81. The average Bonchev–Trinajstić information content (AvgIpc) is 2.71. The predicted molar refractivity (Wildman–Crippen MR) is 115 cm³/mol. The van der Waals surface area contributed by atoms with Gasteiger partial charge in [0.05, 0.1) is 16.6 Å². The number of hydrogen-bond donors (Lipinski definition) is 1. The molecule has 3 rings (SSSR count). The van der Waals surface area contributed by atoms with Crippen LogP contribution in [0.15, 0.2) is 61.4 Å². The van der Waals surface area contributed by atoms with Gasteiger partial charge in [0.1, 0.15) is 5.75 Å². The molecule has 0 saturated heterocycles. The van der Waals surface area contributed by atoms with Crippen LogP contribution in [0.5, 0.6) is 5.75 Å². The molecule has 1 unspecified atom stereocenters. The Hall–Kier alpha value is -2.86. The SMILES string of the molecule is C=Cc1cnc2ccc(OC(SC)(C(N)=O)C(C)(C)c3ccccn3)cc2c1. The molecule has 2 aromatic heterocycles. The Balaban J connectivity index is 2.09. The number of primary amides is 1. The van der Waals surface area contributed by atoms with Gasteiger partial charge in [-0.25, -0.2) is 0 Å². The molecule has 28 heavy (non-hydrogen) atoms. The number of amides is 1. The molecule has 2 heterocycles. The van der Waals surface area contributed by atoms with Gasteiger partial charge in [-0.15, -0.1) is 11.8 Å². The maximum Gasteiger partial charge on any atom is 0.273 e. The molecule has 3 aromatic rings. The van der Waals surface area contributed by atoms with Crippen LogP contribution in [0.25, 0.3) is 17.0 Å². The van der Waals surface area contributed by atoms with E-state index in [1.807, 2.05) is 56.5 Å². The number of fused-ring (bicyclic) bond motifs is 1. The predicted octanol–water partition coefficient (Wildman–Crippen LogP) is 4.17. The topological polar surface area (TPSA) is 78.1 Å². The lowest BCUT2D eigenvalue weighted by Gasteiger charge is -2.42. The molecule has 0 spiro atoms. The van der Waals surface area contributed by atoms with Crippen LogP contribution in [0.3, 0.4) is 0 Å². The molecule has 0 bridgehead atoms. The molecule has 0 saturated carbocycles. The number of benzene rings is 1. The minimum absolute atomic E-state index is 0.535.